The van der Waals surface area contributed by atoms with Crippen LogP contribution < -0.4 is 0 Å². The highest BCUT2D eigenvalue weighted by Crippen LogP contribution is 1.96. The number of hydrogen-bond acceptors (Lipinski definition) is 4. The fourth-order valence-electron chi connectivity index (χ4n) is 0.403. The van der Waals surface area contributed by atoms with Crippen molar-refractivity contribution in [1.29, 1.82) is 0 Å². The summed E-state index contributed by atoms with van der Waals surface area (Å²) in [5.41, 5.74) is -0.709. The maximum atomic E-state index is 10.7. The molecule has 0 radical (unpaired) electrons. The first-order valence-electron chi connectivity index (χ1n) is 3.17. The van der Waals surface area contributed by atoms with Gasteiger partial charge in [-0.15, -0.1) is 0 Å². The highest BCUT2D eigenvalue weighted by atomic mass is 35.5. The first-order chi connectivity index (χ1) is 5.56. The van der Waals surface area contributed by atoms with E-state index in [1.165, 1.54) is 14.0 Å². The van der Waals surface area contributed by atoms with E-state index in [-0.39, 0.29) is 0 Å². The Balaban J connectivity index is 3.83. The second-order valence-electron chi connectivity index (χ2n) is 1.84. The van der Waals surface area contributed by atoms with Crippen molar-refractivity contribution in [3.05, 3.63) is 12.2 Å². The van der Waals surface area contributed by atoms with Crippen molar-refractivity contribution in [2.24, 2.45) is 0 Å². The molecule has 68 valence electrons. The number of ether oxygens (including phenoxy) is 2. The lowest BCUT2D eigenvalue weighted by atomic mass is 10.5. The number of alkyl halides is 1. The van der Waals surface area contributed by atoms with Gasteiger partial charge in [-0.25, -0.2) is 9.59 Å². The second-order valence-corrected chi connectivity index (χ2v) is 2.45. The summed E-state index contributed by atoms with van der Waals surface area (Å²) in [5, 5.41) is 0. The van der Waals surface area contributed by atoms with E-state index in [2.05, 4.69) is 9.47 Å². The van der Waals surface area contributed by atoms with Gasteiger partial charge in [0.2, 0.25) is 0 Å². The molecule has 1 atom stereocenters. The minimum absolute atomic E-state index is 0.617. The highest BCUT2D eigenvalue weighted by Gasteiger charge is 2.02. The Bertz CT molecular complexity index is 198. The van der Waals surface area contributed by atoms with Crippen molar-refractivity contribution < 1.29 is 19.1 Å². The first-order valence-corrected chi connectivity index (χ1v) is 3.60. The average Bonchev–Trinajstić information content (AvgIpc) is 1.99. The second kappa shape index (κ2) is 5.60. The molecule has 0 aromatic heterocycles. The van der Waals surface area contributed by atoms with Gasteiger partial charge in [0.25, 0.3) is 0 Å². The Morgan fingerprint density at radius 1 is 1.33 bits per heavy atom. The van der Waals surface area contributed by atoms with Gasteiger partial charge in [-0.1, -0.05) is 11.6 Å². The van der Waals surface area contributed by atoms with Crippen molar-refractivity contribution in [3.8, 4) is 0 Å². The van der Waals surface area contributed by atoms with Gasteiger partial charge in [0, 0.05) is 12.2 Å². The molecule has 0 aromatic rings. The van der Waals surface area contributed by atoms with Gasteiger partial charge in [0.15, 0.2) is 5.56 Å². The monoisotopic (exact) mass is 192 g/mol. The predicted molar refractivity (Wildman–Crippen MR) is 42.6 cm³/mol. The molecule has 0 heterocycles. The Kier molecular flexibility index (Phi) is 5.12. The zero-order valence-electron chi connectivity index (χ0n) is 6.74. The number of methoxy groups -OCH3 is 1. The molecule has 0 saturated heterocycles. The number of carbonyl (C=O) groups excluding carboxylic acids is 2. The van der Waals surface area contributed by atoms with Crippen molar-refractivity contribution in [1.82, 2.24) is 0 Å². The fourth-order valence-corrected chi connectivity index (χ4v) is 0.491. The van der Waals surface area contributed by atoms with E-state index >= 15 is 0 Å². The van der Waals surface area contributed by atoms with Gasteiger partial charge < -0.3 is 9.47 Å². The maximum absolute atomic E-state index is 10.7. The minimum Gasteiger partial charge on any atom is -0.466 e. The molecule has 4 nitrogen and oxygen atoms in total. The molecule has 0 bridgehead atoms. The van der Waals surface area contributed by atoms with Crippen LogP contribution in [-0.2, 0) is 19.1 Å². The van der Waals surface area contributed by atoms with E-state index in [0.29, 0.717) is 0 Å². The number of esters is 2. The molecule has 0 aromatic carbocycles. The summed E-state index contributed by atoms with van der Waals surface area (Å²) >= 11 is 5.33. The molecular weight excluding hydrogens is 184 g/mol. The molecule has 0 rings (SSSR count). The lowest BCUT2D eigenvalue weighted by Gasteiger charge is -2.01. The van der Waals surface area contributed by atoms with Crippen molar-refractivity contribution in [3.63, 3.8) is 0 Å². The summed E-state index contributed by atoms with van der Waals surface area (Å²) in [4.78, 5) is 21.1. The number of hydrogen-bond donors (Lipinski definition) is 0. The minimum atomic E-state index is -0.709. The summed E-state index contributed by atoms with van der Waals surface area (Å²) in [6.45, 7) is 1.49. The molecule has 0 aliphatic rings. The van der Waals surface area contributed by atoms with Gasteiger partial charge in [-0.05, 0) is 6.92 Å². The van der Waals surface area contributed by atoms with Gasteiger partial charge in [-0.3, -0.25) is 0 Å². The Morgan fingerprint density at radius 3 is 2.25 bits per heavy atom. The average molecular weight is 193 g/mol. The molecule has 0 amide bonds. The van der Waals surface area contributed by atoms with Gasteiger partial charge in [0.1, 0.15) is 0 Å². The van der Waals surface area contributed by atoms with E-state index in [0.717, 1.165) is 12.2 Å². The molecule has 0 fully saturated rings. The first kappa shape index (κ1) is 11.0. The summed E-state index contributed by atoms with van der Waals surface area (Å²) in [6, 6.07) is 0. The zero-order valence-corrected chi connectivity index (χ0v) is 7.50. The standard InChI is InChI=1S/C7H9ClO4/c1-5(8)12-7(10)4-3-6(9)11-2/h3-5H,1-2H3. The zero-order chi connectivity index (χ0) is 9.56. The van der Waals surface area contributed by atoms with Crippen LogP contribution in [0.1, 0.15) is 6.92 Å². The molecule has 0 spiro atoms. The molecule has 0 aliphatic carbocycles. The molecule has 0 aliphatic heterocycles. The van der Waals surface area contributed by atoms with E-state index in [1.807, 2.05) is 0 Å². The van der Waals surface area contributed by atoms with Crippen LogP contribution >= 0.6 is 11.6 Å². The Morgan fingerprint density at radius 2 is 1.83 bits per heavy atom. The van der Waals surface area contributed by atoms with Crippen LogP contribution in [0.15, 0.2) is 12.2 Å². The molecule has 12 heavy (non-hydrogen) atoms. The molecule has 5 heteroatoms. The van der Waals surface area contributed by atoms with Gasteiger partial charge in [-0.2, -0.15) is 0 Å². The van der Waals surface area contributed by atoms with Crippen molar-refractivity contribution in [2.45, 2.75) is 12.5 Å². The van der Waals surface area contributed by atoms with E-state index in [9.17, 15) is 9.59 Å². The lowest BCUT2D eigenvalue weighted by Crippen LogP contribution is -2.07. The van der Waals surface area contributed by atoms with Crippen LogP contribution in [0.5, 0.6) is 0 Å². The summed E-state index contributed by atoms with van der Waals surface area (Å²) < 4.78 is 8.72. The summed E-state index contributed by atoms with van der Waals surface area (Å²) in [5.74, 6) is -1.29. The third kappa shape index (κ3) is 5.73. The molecular formula is C7H9ClO4. The molecule has 1 unspecified atom stereocenters. The van der Waals surface area contributed by atoms with E-state index in [4.69, 9.17) is 11.6 Å². The van der Waals surface area contributed by atoms with E-state index in [1.54, 1.807) is 0 Å². The number of halogens is 1. The van der Waals surface area contributed by atoms with Gasteiger partial charge in [0.05, 0.1) is 7.11 Å². The number of carbonyl (C=O) groups is 2. The predicted octanol–water partition coefficient (Wildman–Crippen LogP) is 0.844. The molecule has 0 N–H and O–H groups in total. The quantitative estimate of drug-likeness (QED) is 0.378. The van der Waals surface area contributed by atoms with Crippen LogP contribution in [0.3, 0.4) is 0 Å². The highest BCUT2D eigenvalue weighted by molar-refractivity contribution is 6.20. The van der Waals surface area contributed by atoms with Crippen LogP contribution in [0, 0.1) is 0 Å². The SMILES string of the molecule is COC(=O)C=CC(=O)OC(C)Cl. The normalized spacial score (nSPS) is 12.6. The van der Waals surface area contributed by atoms with Crippen LogP contribution in [0.2, 0.25) is 0 Å². The van der Waals surface area contributed by atoms with Crippen LogP contribution in [0.25, 0.3) is 0 Å². The lowest BCUT2D eigenvalue weighted by molar-refractivity contribution is -0.140. The van der Waals surface area contributed by atoms with Crippen LogP contribution in [-0.4, -0.2) is 24.6 Å². The van der Waals surface area contributed by atoms with Crippen LogP contribution in [0.4, 0.5) is 0 Å². The largest absolute Gasteiger partial charge is 0.466 e. The van der Waals surface area contributed by atoms with Crippen molar-refractivity contribution >= 4 is 23.5 Å². The molecule has 0 saturated carbocycles. The summed E-state index contributed by atoms with van der Waals surface area (Å²) in [7, 11) is 1.21. The topological polar surface area (TPSA) is 52.6 Å². The Hall–Kier alpha value is -1.03. The third-order valence-corrected chi connectivity index (χ3v) is 0.924. The van der Waals surface area contributed by atoms with Gasteiger partial charge >= 0.3 is 11.9 Å². The van der Waals surface area contributed by atoms with E-state index < -0.39 is 17.5 Å². The number of rotatable bonds is 3. The van der Waals surface area contributed by atoms with Crippen molar-refractivity contribution in [2.75, 3.05) is 7.11 Å². The Labute approximate surface area is 75.1 Å². The maximum Gasteiger partial charge on any atom is 0.332 e. The summed E-state index contributed by atoms with van der Waals surface area (Å²) in [6.07, 6.45) is 1.91. The third-order valence-electron chi connectivity index (χ3n) is 0.835. The fraction of sp³-hybridized carbons (Fsp3) is 0.429. The smallest absolute Gasteiger partial charge is 0.332 e.